The van der Waals surface area contributed by atoms with Gasteiger partial charge in [0.2, 0.25) is 0 Å². The largest absolute Gasteiger partial charge is 0.0625 e. The lowest BCUT2D eigenvalue weighted by molar-refractivity contribution is 0.555. The van der Waals surface area contributed by atoms with E-state index in [1.807, 2.05) is 0 Å². The van der Waals surface area contributed by atoms with Gasteiger partial charge < -0.3 is 0 Å². The fraction of sp³-hybridized carbons (Fsp3) is 0.600. The molecule has 0 amide bonds. The Morgan fingerprint density at radius 3 is 1.60 bits per heavy atom. The molecule has 2 atom stereocenters. The van der Waals surface area contributed by atoms with Crippen LogP contribution in [0.4, 0.5) is 0 Å². The molecular weight excluding hydrogens is 180 g/mol. The highest BCUT2D eigenvalue weighted by Crippen LogP contribution is 2.29. The Morgan fingerprint density at radius 1 is 0.933 bits per heavy atom. The number of hydrogen-bond donors (Lipinski definition) is 0. The van der Waals surface area contributed by atoms with Gasteiger partial charge in [0.25, 0.3) is 0 Å². The van der Waals surface area contributed by atoms with Gasteiger partial charge in [0.05, 0.1) is 0 Å². The molecule has 2 rings (SSSR count). The highest BCUT2D eigenvalue weighted by Gasteiger charge is 2.15. The molecule has 0 bridgehead atoms. The van der Waals surface area contributed by atoms with Crippen LogP contribution in [-0.2, 0) is 0 Å². The van der Waals surface area contributed by atoms with Crippen molar-refractivity contribution in [2.24, 2.45) is 11.8 Å². The van der Waals surface area contributed by atoms with Gasteiger partial charge in [-0.2, -0.15) is 0 Å². The van der Waals surface area contributed by atoms with Gasteiger partial charge in [0.15, 0.2) is 0 Å². The molecule has 0 saturated heterocycles. The minimum atomic E-state index is 1.02. The molecular formula is C15H24. The van der Waals surface area contributed by atoms with Crippen LogP contribution in [0.25, 0.3) is 0 Å². The van der Waals surface area contributed by atoms with Crippen molar-refractivity contribution in [1.82, 2.24) is 0 Å². The Kier molecular flexibility index (Phi) is 4.87. The number of benzene rings is 1. The second-order valence-electron chi connectivity index (χ2n) is 5.18. The minimum Gasteiger partial charge on any atom is -0.0625 e. The first kappa shape index (κ1) is 12.3. The summed E-state index contributed by atoms with van der Waals surface area (Å²) >= 11 is 0. The summed E-state index contributed by atoms with van der Waals surface area (Å²) in [5.74, 6) is 2.05. The van der Waals surface area contributed by atoms with E-state index < -0.39 is 0 Å². The van der Waals surface area contributed by atoms with E-state index in [4.69, 9.17) is 0 Å². The summed E-state index contributed by atoms with van der Waals surface area (Å²) in [7, 11) is 0. The van der Waals surface area contributed by atoms with Gasteiger partial charge in [-0.15, -0.1) is 0 Å². The summed E-state index contributed by atoms with van der Waals surface area (Å²) in [5.41, 5.74) is 2.68. The highest BCUT2D eigenvalue weighted by atomic mass is 14.2. The molecule has 1 aliphatic carbocycles. The van der Waals surface area contributed by atoms with Crippen LogP contribution < -0.4 is 0 Å². The van der Waals surface area contributed by atoms with Crippen LogP contribution in [0.5, 0.6) is 0 Å². The number of aryl methyl sites for hydroxylation is 2. The Balaban J connectivity index is 0.000000151. The third kappa shape index (κ3) is 5.01. The third-order valence-electron chi connectivity index (χ3n) is 3.13. The van der Waals surface area contributed by atoms with Crippen molar-refractivity contribution in [2.45, 2.75) is 47.0 Å². The Morgan fingerprint density at radius 2 is 1.40 bits per heavy atom. The predicted octanol–water partition coefficient (Wildman–Crippen LogP) is 4.75. The van der Waals surface area contributed by atoms with E-state index in [0.717, 1.165) is 11.8 Å². The molecule has 84 valence electrons. The smallest absolute Gasteiger partial charge is 0.0398 e. The fourth-order valence-corrected chi connectivity index (χ4v) is 2.30. The van der Waals surface area contributed by atoms with Crippen LogP contribution in [-0.4, -0.2) is 0 Å². The number of hydrogen-bond acceptors (Lipinski definition) is 0. The molecule has 1 aromatic rings. The average molecular weight is 204 g/mol. The van der Waals surface area contributed by atoms with Crippen LogP contribution in [0.2, 0.25) is 0 Å². The zero-order valence-electron chi connectivity index (χ0n) is 10.6. The molecule has 15 heavy (non-hydrogen) atoms. The van der Waals surface area contributed by atoms with Gasteiger partial charge >= 0.3 is 0 Å². The Hall–Kier alpha value is -0.780. The summed E-state index contributed by atoms with van der Waals surface area (Å²) < 4.78 is 0. The molecule has 0 heterocycles. The van der Waals surface area contributed by atoms with E-state index in [1.165, 1.54) is 30.4 Å². The topological polar surface area (TPSA) is 0 Å². The zero-order chi connectivity index (χ0) is 11.3. The molecule has 0 heteroatoms. The van der Waals surface area contributed by atoms with E-state index in [2.05, 4.69) is 52.0 Å². The molecule has 1 saturated carbocycles. The first-order chi connectivity index (χ1) is 7.08. The monoisotopic (exact) mass is 204 g/mol. The quantitative estimate of drug-likeness (QED) is 0.572. The first-order valence-corrected chi connectivity index (χ1v) is 6.11. The summed E-state index contributed by atoms with van der Waals surface area (Å²) in [6.07, 6.45) is 4.42. The molecule has 1 fully saturated rings. The van der Waals surface area contributed by atoms with E-state index in [1.54, 1.807) is 0 Å². The lowest BCUT2D eigenvalue weighted by Crippen LogP contribution is -1.84. The third-order valence-corrected chi connectivity index (χ3v) is 3.13. The maximum Gasteiger partial charge on any atom is -0.0398 e. The summed E-state index contributed by atoms with van der Waals surface area (Å²) in [6.45, 7) is 8.91. The van der Waals surface area contributed by atoms with Gasteiger partial charge in [-0.05, 0) is 32.1 Å². The van der Waals surface area contributed by atoms with Crippen molar-refractivity contribution >= 4 is 0 Å². The summed E-state index contributed by atoms with van der Waals surface area (Å²) in [4.78, 5) is 0. The van der Waals surface area contributed by atoms with Crippen molar-refractivity contribution < 1.29 is 0 Å². The standard InChI is InChI=1S/C8H10.C7H14/c1-7-4-3-5-8(2)6-7;1-6-3-4-7(2)5-6/h3-6H,1-2H3;6-7H,3-5H2,1-2H3. The molecule has 0 N–H and O–H groups in total. The molecule has 1 aromatic carbocycles. The molecule has 0 spiro atoms. The molecule has 0 radical (unpaired) electrons. The molecule has 1 aliphatic rings. The lowest BCUT2D eigenvalue weighted by Gasteiger charge is -1.96. The SMILES string of the molecule is CC1CCC(C)C1.Cc1cccc(C)c1. The maximum absolute atomic E-state index is 2.35. The Bertz CT molecular complexity index is 263. The van der Waals surface area contributed by atoms with Crippen molar-refractivity contribution in [3.05, 3.63) is 35.4 Å². The van der Waals surface area contributed by atoms with Crippen LogP contribution in [0.3, 0.4) is 0 Å². The number of rotatable bonds is 0. The lowest BCUT2D eigenvalue weighted by atomic mass is 10.1. The van der Waals surface area contributed by atoms with Crippen molar-refractivity contribution in [3.8, 4) is 0 Å². The normalized spacial score (nSPS) is 24.5. The summed E-state index contributed by atoms with van der Waals surface area (Å²) in [6, 6.07) is 8.45. The van der Waals surface area contributed by atoms with Crippen LogP contribution >= 0.6 is 0 Å². The summed E-state index contributed by atoms with van der Waals surface area (Å²) in [5, 5.41) is 0. The minimum absolute atomic E-state index is 1.02. The van der Waals surface area contributed by atoms with Crippen LogP contribution in [0.15, 0.2) is 24.3 Å². The van der Waals surface area contributed by atoms with E-state index in [0.29, 0.717) is 0 Å². The van der Waals surface area contributed by atoms with E-state index in [-0.39, 0.29) is 0 Å². The Labute approximate surface area is 94.7 Å². The van der Waals surface area contributed by atoms with Gasteiger partial charge in [0.1, 0.15) is 0 Å². The highest BCUT2D eigenvalue weighted by molar-refractivity contribution is 5.20. The van der Waals surface area contributed by atoms with Crippen molar-refractivity contribution in [1.29, 1.82) is 0 Å². The maximum atomic E-state index is 2.35. The van der Waals surface area contributed by atoms with Gasteiger partial charge in [-0.1, -0.05) is 62.1 Å². The molecule has 2 unspecified atom stereocenters. The second kappa shape index (κ2) is 5.95. The van der Waals surface area contributed by atoms with Gasteiger partial charge in [-0.25, -0.2) is 0 Å². The van der Waals surface area contributed by atoms with E-state index >= 15 is 0 Å². The van der Waals surface area contributed by atoms with Crippen LogP contribution in [0.1, 0.15) is 44.2 Å². The van der Waals surface area contributed by atoms with Gasteiger partial charge in [0, 0.05) is 0 Å². The molecule has 0 aromatic heterocycles. The zero-order valence-corrected chi connectivity index (χ0v) is 10.6. The van der Waals surface area contributed by atoms with Crippen LogP contribution in [0, 0.1) is 25.7 Å². The second-order valence-corrected chi connectivity index (χ2v) is 5.18. The average Bonchev–Trinajstić information content (AvgIpc) is 2.50. The fourth-order valence-electron chi connectivity index (χ4n) is 2.30. The first-order valence-electron chi connectivity index (χ1n) is 6.11. The molecule has 0 aliphatic heterocycles. The van der Waals surface area contributed by atoms with Gasteiger partial charge in [-0.3, -0.25) is 0 Å². The van der Waals surface area contributed by atoms with Crippen molar-refractivity contribution in [2.75, 3.05) is 0 Å². The van der Waals surface area contributed by atoms with E-state index in [9.17, 15) is 0 Å². The molecule has 0 nitrogen and oxygen atoms in total. The predicted molar refractivity (Wildman–Crippen MR) is 68.1 cm³/mol. The van der Waals surface area contributed by atoms with Crippen molar-refractivity contribution in [3.63, 3.8) is 0 Å².